The number of benzene rings is 1. The SMILES string of the molecule is CNC(Cc1csc(C)n1)Cc1cc(OC)ccc1Br. The zero-order valence-electron chi connectivity index (χ0n) is 11.9. The second-order valence-corrected chi connectivity index (χ2v) is 6.63. The lowest BCUT2D eigenvalue weighted by molar-refractivity contribution is 0.413. The third kappa shape index (κ3) is 4.04. The van der Waals surface area contributed by atoms with Crippen molar-refractivity contribution >= 4 is 27.3 Å². The number of ether oxygens (including phenoxy) is 1. The minimum atomic E-state index is 0.361. The summed E-state index contributed by atoms with van der Waals surface area (Å²) in [6.07, 6.45) is 1.87. The van der Waals surface area contributed by atoms with Crippen LogP contribution >= 0.6 is 27.3 Å². The summed E-state index contributed by atoms with van der Waals surface area (Å²) >= 11 is 5.31. The Hall–Kier alpha value is -0.910. The zero-order chi connectivity index (χ0) is 14.5. The van der Waals surface area contributed by atoms with Gasteiger partial charge in [0, 0.05) is 22.3 Å². The summed E-state index contributed by atoms with van der Waals surface area (Å²) in [6, 6.07) is 6.44. The first-order valence-corrected chi connectivity index (χ1v) is 8.20. The van der Waals surface area contributed by atoms with E-state index in [9.17, 15) is 0 Å². The van der Waals surface area contributed by atoms with Crippen LogP contribution in [-0.2, 0) is 12.8 Å². The predicted molar refractivity (Wildman–Crippen MR) is 87.8 cm³/mol. The highest BCUT2D eigenvalue weighted by Crippen LogP contribution is 2.24. The monoisotopic (exact) mass is 354 g/mol. The summed E-state index contributed by atoms with van der Waals surface area (Å²) in [5, 5.41) is 6.64. The molecule has 0 amide bonds. The summed E-state index contributed by atoms with van der Waals surface area (Å²) in [7, 11) is 3.69. The third-order valence-corrected chi connectivity index (χ3v) is 4.85. The Balaban J connectivity index is 2.09. The van der Waals surface area contributed by atoms with Crippen molar-refractivity contribution in [1.82, 2.24) is 10.3 Å². The second-order valence-electron chi connectivity index (χ2n) is 4.71. The fraction of sp³-hybridized carbons (Fsp3) is 0.400. The van der Waals surface area contributed by atoms with Crippen LogP contribution in [0.1, 0.15) is 16.3 Å². The first-order valence-electron chi connectivity index (χ1n) is 6.53. The van der Waals surface area contributed by atoms with Crippen molar-refractivity contribution in [3.8, 4) is 5.75 Å². The van der Waals surface area contributed by atoms with Gasteiger partial charge in [-0.15, -0.1) is 11.3 Å². The molecule has 0 spiro atoms. The summed E-state index contributed by atoms with van der Waals surface area (Å²) in [6.45, 7) is 2.04. The molecule has 0 aliphatic rings. The van der Waals surface area contributed by atoms with Gasteiger partial charge in [0.05, 0.1) is 17.8 Å². The van der Waals surface area contributed by atoms with E-state index in [1.54, 1.807) is 18.4 Å². The van der Waals surface area contributed by atoms with E-state index < -0.39 is 0 Å². The van der Waals surface area contributed by atoms with Gasteiger partial charge in [-0.25, -0.2) is 4.98 Å². The van der Waals surface area contributed by atoms with E-state index in [4.69, 9.17) is 4.74 Å². The van der Waals surface area contributed by atoms with Crippen LogP contribution in [0.15, 0.2) is 28.1 Å². The zero-order valence-corrected chi connectivity index (χ0v) is 14.3. The van der Waals surface area contributed by atoms with Crippen molar-refractivity contribution in [2.24, 2.45) is 0 Å². The van der Waals surface area contributed by atoms with Gasteiger partial charge in [-0.2, -0.15) is 0 Å². The van der Waals surface area contributed by atoms with E-state index in [0.29, 0.717) is 6.04 Å². The van der Waals surface area contributed by atoms with Crippen molar-refractivity contribution in [2.75, 3.05) is 14.2 Å². The maximum Gasteiger partial charge on any atom is 0.119 e. The fourth-order valence-corrected chi connectivity index (χ4v) is 3.16. The molecule has 1 aromatic heterocycles. The van der Waals surface area contributed by atoms with Gasteiger partial charge in [-0.3, -0.25) is 0 Å². The Morgan fingerprint density at radius 2 is 2.20 bits per heavy atom. The van der Waals surface area contributed by atoms with Crippen LogP contribution in [-0.4, -0.2) is 25.2 Å². The molecule has 2 aromatic rings. The highest BCUT2D eigenvalue weighted by atomic mass is 79.9. The van der Waals surface area contributed by atoms with E-state index in [1.165, 1.54) is 5.56 Å². The number of thiazole rings is 1. The van der Waals surface area contributed by atoms with Gasteiger partial charge in [-0.1, -0.05) is 15.9 Å². The molecule has 0 radical (unpaired) electrons. The lowest BCUT2D eigenvalue weighted by Crippen LogP contribution is -2.30. The van der Waals surface area contributed by atoms with Gasteiger partial charge in [0.25, 0.3) is 0 Å². The molecule has 1 unspecified atom stereocenters. The molecule has 0 saturated heterocycles. The van der Waals surface area contributed by atoms with Crippen LogP contribution in [0.5, 0.6) is 5.75 Å². The van der Waals surface area contributed by atoms with Crippen molar-refractivity contribution < 1.29 is 4.74 Å². The van der Waals surface area contributed by atoms with Crippen LogP contribution in [0.3, 0.4) is 0 Å². The van der Waals surface area contributed by atoms with Gasteiger partial charge in [0.1, 0.15) is 5.75 Å². The largest absolute Gasteiger partial charge is 0.497 e. The number of aromatic nitrogens is 1. The number of aryl methyl sites for hydroxylation is 1. The van der Waals surface area contributed by atoms with Gasteiger partial charge in [0.15, 0.2) is 0 Å². The van der Waals surface area contributed by atoms with Gasteiger partial charge >= 0.3 is 0 Å². The number of rotatable bonds is 6. The topological polar surface area (TPSA) is 34.2 Å². The van der Waals surface area contributed by atoms with Crippen molar-refractivity contribution in [2.45, 2.75) is 25.8 Å². The normalized spacial score (nSPS) is 12.4. The first kappa shape index (κ1) is 15.5. The fourth-order valence-electron chi connectivity index (χ4n) is 2.13. The van der Waals surface area contributed by atoms with Gasteiger partial charge in [0.2, 0.25) is 0 Å². The number of nitrogens with one attached hydrogen (secondary N) is 1. The van der Waals surface area contributed by atoms with Crippen LogP contribution in [0.4, 0.5) is 0 Å². The average molecular weight is 355 g/mol. The lowest BCUT2D eigenvalue weighted by atomic mass is 10.0. The Morgan fingerprint density at radius 1 is 1.40 bits per heavy atom. The number of halogens is 1. The van der Waals surface area contributed by atoms with E-state index in [0.717, 1.165) is 33.8 Å². The molecule has 0 fully saturated rings. The minimum Gasteiger partial charge on any atom is -0.497 e. The van der Waals surface area contributed by atoms with Crippen molar-refractivity contribution in [3.63, 3.8) is 0 Å². The Bertz CT molecular complexity index is 571. The summed E-state index contributed by atoms with van der Waals surface area (Å²) in [5.74, 6) is 0.891. The first-order chi connectivity index (χ1) is 9.62. The van der Waals surface area contributed by atoms with E-state index >= 15 is 0 Å². The molecule has 1 atom stereocenters. The van der Waals surface area contributed by atoms with E-state index in [2.05, 4.69) is 37.7 Å². The maximum atomic E-state index is 5.29. The second kappa shape index (κ2) is 7.20. The lowest BCUT2D eigenvalue weighted by Gasteiger charge is -2.16. The van der Waals surface area contributed by atoms with Crippen LogP contribution in [0.25, 0.3) is 0 Å². The standard InChI is InChI=1S/C15H19BrN2OS/c1-10-18-13(9-20-10)8-12(17-2)6-11-7-14(19-3)4-5-15(11)16/h4-5,7,9,12,17H,6,8H2,1-3H3. The molecule has 20 heavy (non-hydrogen) atoms. The quantitative estimate of drug-likeness (QED) is 0.860. The van der Waals surface area contributed by atoms with E-state index in [1.807, 2.05) is 26.1 Å². The maximum absolute atomic E-state index is 5.29. The molecule has 1 N–H and O–H groups in total. The molecule has 5 heteroatoms. The molecule has 0 saturated carbocycles. The molecular weight excluding hydrogens is 336 g/mol. The minimum absolute atomic E-state index is 0.361. The van der Waals surface area contributed by atoms with E-state index in [-0.39, 0.29) is 0 Å². The highest BCUT2D eigenvalue weighted by molar-refractivity contribution is 9.10. The van der Waals surface area contributed by atoms with Crippen LogP contribution in [0, 0.1) is 6.92 Å². The molecule has 2 rings (SSSR count). The Morgan fingerprint density at radius 3 is 2.80 bits per heavy atom. The number of hydrogen-bond donors (Lipinski definition) is 1. The summed E-state index contributed by atoms with van der Waals surface area (Å²) in [4.78, 5) is 4.54. The predicted octanol–water partition coefficient (Wildman–Crippen LogP) is 3.60. The average Bonchev–Trinajstić information content (AvgIpc) is 2.85. The number of hydrogen-bond acceptors (Lipinski definition) is 4. The molecular formula is C15H19BrN2OS. The molecule has 108 valence electrons. The number of likely N-dealkylation sites (N-methyl/N-ethyl adjacent to an activating group) is 1. The molecule has 1 heterocycles. The summed E-state index contributed by atoms with van der Waals surface area (Å²) < 4.78 is 6.41. The molecule has 0 aliphatic heterocycles. The Labute approximate surface area is 132 Å². The van der Waals surface area contributed by atoms with Crippen LogP contribution in [0.2, 0.25) is 0 Å². The number of nitrogens with zero attached hydrogens (tertiary/aromatic N) is 1. The third-order valence-electron chi connectivity index (χ3n) is 3.25. The van der Waals surface area contributed by atoms with Gasteiger partial charge < -0.3 is 10.1 Å². The molecule has 0 bridgehead atoms. The summed E-state index contributed by atoms with van der Waals surface area (Å²) in [5.41, 5.74) is 2.40. The Kier molecular flexibility index (Phi) is 5.57. The highest BCUT2D eigenvalue weighted by Gasteiger charge is 2.13. The number of methoxy groups -OCH3 is 1. The molecule has 0 aliphatic carbocycles. The smallest absolute Gasteiger partial charge is 0.119 e. The van der Waals surface area contributed by atoms with Crippen molar-refractivity contribution in [3.05, 3.63) is 44.3 Å². The molecule has 1 aromatic carbocycles. The molecule has 3 nitrogen and oxygen atoms in total. The van der Waals surface area contributed by atoms with Gasteiger partial charge in [-0.05, 0) is 44.2 Å². The van der Waals surface area contributed by atoms with Crippen LogP contribution < -0.4 is 10.1 Å². The van der Waals surface area contributed by atoms with Crippen molar-refractivity contribution in [1.29, 1.82) is 0 Å².